The minimum atomic E-state index is -0.141. The van der Waals surface area contributed by atoms with Gasteiger partial charge in [-0.25, -0.2) is 4.98 Å². The van der Waals surface area contributed by atoms with Crippen molar-refractivity contribution in [1.82, 2.24) is 30.0 Å². The lowest BCUT2D eigenvalue weighted by Crippen LogP contribution is -2.32. The summed E-state index contributed by atoms with van der Waals surface area (Å²) in [5, 5.41) is 10.5. The highest BCUT2D eigenvalue weighted by molar-refractivity contribution is 5.94. The summed E-state index contributed by atoms with van der Waals surface area (Å²) >= 11 is 0. The van der Waals surface area contributed by atoms with Crippen LogP contribution in [-0.2, 0) is 26.6 Å². The van der Waals surface area contributed by atoms with Gasteiger partial charge in [-0.15, -0.1) is 0 Å². The SMILES string of the molecule is Cc1cc(C(=O)NCc2ccncc2)cnc1N1CCc2ncc(Nc3ccnn3C)cc2C1. The van der Waals surface area contributed by atoms with Gasteiger partial charge in [0.1, 0.15) is 11.6 Å². The first-order valence-electron chi connectivity index (χ1n) is 11.2. The fourth-order valence-electron chi connectivity index (χ4n) is 4.13. The van der Waals surface area contributed by atoms with E-state index in [1.165, 1.54) is 5.56 Å². The monoisotopic (exact) mass is 454 g/mol. The standard InChI is InChI=1S/C25H26N8O/c1-17-11-19(25(34)29-13-18-3-7-26-8-4-18)14-28-24(17)33-10-6-22-20(16-33)12-21(15-27-22)31-23-5-9-30-32(23)2/h3-5,7-9,11-12,14-15,31H,6,10,13,16H2,1-2H3,(H,29,34). The minimum absolute atomic E-state index is 0.141. The molecular weight excluding hydrogens is 428 g/mol. The molecule has 0 saturated carbocycles. The van der Waals surface area contributed by atoms with E-state index in [1.807, 2.05) is 44.4 Å². The number of carbonyl (C=O) groups is 1. The molecule has 0 unspecified atom stereocenters. The molecule has 0 spiro atoms. The van der Waals surface area contributed by atoms with Crippen molar-refractivity contribution in [2.75, 3.05) is 16.8 Å². The van der Waals surface area contributed by atoms with Crippen molar-refractivity contribution in [2.45, 2.75) is 26.4 Å². The van der Waals surface area contributed by atoms with Crippen molar-refractivity contribution in [3.05, 3.63) is 89.3 Å². The Bertz CT molecular complexity index is 1320. The fourth-order valence-corrected chi connectivity index (χ4v) is 4.13. The lowest BCUT2D eigenvalue weighted by Gasteiger charge is -2.30. The molecule has 4 aromatic heterocycles. The summed E-state index contributed by atoms with van der Waals surface area (Å²) < 4.78 is 1.79. The molecule has 1 aliphatic rings. The highest BCUT2D eigenvalue weighted by Crippen LogP contribution is 2.27. The summed E-state index contributed by atoms with van der Waals surface area (Å²) in [5.41, 5.74) is 5.72. The lowest BCUT2D eigenvalue weighted by molar-refractivity contribution is 0.0950. The zero-order chi connectivity index (χ0) is 23.5. The first-order chi connectivity index (χ1) is 16.6. The number of nitrogens with one attached hydrogen (secondary N) is 2. The first-order valence-corrected chi connectivity index (χ1v) is 11.2. The predicted octanol–water partition coefficient (Wildman–Crippen LogP) is 3.15. The number of nitrogens with zero attached hydrogens (tertiary/aromatic N) is 6. The first kappa shape index (κ1) is 21.6. The van der Waals surface area contributed by atoms with Gasteiger partial charge < -0.3 is 15.5 Å². The Morgan fingerprint density at radius 2 is 1.94 bits per heavy atom. The number of amides is 1. The van der Waals surface area contributed by atoms with Gasteiger partial charge in [-0.05, 0) is 47.9 Å². The van der Waals surface area contributed by atoms with Gasteiger partial charge in [0.25, 0.3) is 5.91 Å². The van der Waals surface area contributed by atoms with E-state index in [9.17, 15) is 4.79 Å². The molecule has 34 heavy (non-hydrogen) atoms. The molecule has 9 heteroatoms. The van der Waals surface area contributed by atoms with Crippen LogP contribution in [0.1, 0.15) is 32.7 Å². The number of carbonyl (C=O) groups excluding carboxylic acids is 1. The average molecular weight is 455 g/mol. The number of anilines is 3. The third-order valence-electron chi connectivity index (χ3n) is 5.95. The summed E-state index contributed by atoms with van der Waals surface area (Å²) in [7, 11) is 1.90. The number of aryl methyl sites for hydroxylation is 2. The van der Waals surface area contributed by atoms with Crippen LogP contribution in [0.3, 0.4) is 0 Å². The van der Waals surface area contributed by atoms with Gasteiger partial charge >= 0.3 is 0 Å². The van der Waals surface area contributed by atoms with Gasteiger partial charge in [-0.3, -0.25) is 19.4 Å². The van der Waals surface area contributed by atoms with Crippen LogP contribution in [0.15, 0.2) is 61.3 Å². The molecule has 172 valence electrons. The topological polar surface area (TPSA) is 101 Å². The van der Waals surface area contributed by atoms with Gasteiger partial charge in [0, 0.05) is 63.5 Å². The maximum absolute atomic E-state index is 12.6. The molecule has 9 nitrogen and oxygen atoms in total. The molecule has 1 amide bonds. The van der Waals surface area contributed by atoms with E-state index in [4.69, 9.17) is 0 Å². The molecule has 5 rings (SSSR count). The van der Waals surface area contributed by atoms with Gasteiger partial charge in [-0.2, -0.15) is 5.10 Å². The van der Waals surface area contributed by atoms with E-state index in [2.05, 4.69) is 41.7 Å². The number of hydrogen-bond donors (Lipinski definition) is 2. The van der Waals surface area contributed by atoms with Crippen LogP contribution < -0.4 is 15.5 Å². The maximum atomic E-state index is 12.6. The van der Waals surface area contributed by atoms with Crippen molar-refractivity contribution in [3.63, 3.8) is 0 Å². The van der Waals surface area contributed by atoms with Crippen LogP contribution >= 0.6 is 0 Å². The summed E-state index contributed by atoms with van der Waals surface area (Å²) in [6.07, 6.45) is 9.55. The zero-order valence-corrected chi connectivity index (χ0v) is 19.2. The molecule has 4 aromatic rings. The molecular formula is C25H26N8O. The van der Waals surface area contributed by atoms with E-state index < -0.39 is 0 Å². The molecule has 2 N–H and O–H groups in total. The second-order valence-corrected chi connectivity index (χ2v) is 8.37. The summed E-state index contributed by atoms with van der Waals surface area (Å²) in [5.74, 6) is 1.66. The molecule has 0 radical (unpaired) electrons. The van der Waals surface area contributed by atoms with Crippen molar-refractivity contribution in [3.8, 4) is 0 Å². The zero-order valence-electron chi connectivity index (χ0n) is 19.2. The average Bonchev–Trinajstić information content (AvgIpc) is 3.26. The third-order valence-corrected chi connectivity index (χ3v) is 5.95. The van der Waals surface area contributed by atoms with Crippen LogP contribution in [0.5, 0.6) is 0 Å². The van der Waals surface area contributed by atoms with Crippen LogP contribution in [0.4, 0.5) is 17.3 Å². The highest BCUT2D eigenvalue weighted by Gasteiger charge is 2.21. The van der Waals surface area contributed by atoms with Gasteiger partial charge in [-0.1, -0.05) is 0 Å². The molecule has 1 aliphatic heterocycles. The Hall–Kier alpha value is -4.27. The number of fused-ring (bicyclic) bond motifs is 1. The fraction of sp³-hybridized carbons (Fsp3) is 0.240. The number of aromatic nitrogens is 5. The van der Waals surface area contributed by atoms with Crippen LogP contribution in [0, 0.1) is 6.92 Å². The van der Waals surface area contributed by atoms with Crippen molar-refractivity contribution >= 4 is 23.2 Å². The Kier molecular flexibility index (Phi) is 5.90. The Balaban J connectivity index is 1.28. The Morgan fingerprint density at radius 1 is 1.09 bits per heavy atom. The Labute approximate surface area is 197 Å². The summed E-state index contributed by atoms with van der Waals surface area (Å²) in [6.45, 7) is 3.99. The molecule has 0 aromatic carbocycles. The van der Waals surface area contributed by atoms with Gasteiger partial charge in [0.15, 0.2) is 0 Å². The van der Waals surface area contributed by atoms with Crippen molar-refractivity contribution < 1.29 is 4.79 Å². The second-order valence-electron chi connectivity index (χ2n) is 8.37. The molecule has 0 aliphatic carbocycles. The maximum Gasteiger partial charge on any atom is 0.253 e. The molecule has 5 heterocycles. The van der Waals surface area contributed by atoms with Gasteiger partial charge in [0.2, 0.25) is 0 Å². The van der Waals surface area contributed by atoms with Crippen LogP contribution in [0.2, 0.25) is 0 Å². The summed E-state index contributed by atoms with van der Waals surface area (Å²) in [6, 6.07) is 9.73. The van der Waals surface area contributed by atoms with Crippen LogP contribution in [-0.4, -0.2) is 37.2 Å². The normalized spacial score (nSPS) is 12.8. The number of hydrogen-bond acceptors (Lipinski definition) is 7. The van der Waals surface area contributed by atoms with Crippen LogP contribution in [0.25, 0.3) is 0 Å². The van der Waals surface area contributed by atoms with E-state index >= 15 is 0 Å². The van der Waals surface area contributed by atoms with Gasteiger partial charge in [0.05, 0.1) is 23.6 Å². The summed E-state index contributed by atoms with van der Waals surface area (Å²) in [4.78, 5) is 28.2. The van der Waals surface area contributed by atoms with E-state index in [0.29, 0.717) is 18.7 Å². The molecule has 0 bridgehead atoms. The third kappa shape index (κ3) is 4.59. The van der Waals surface area contributed by atoms with Crippen molar-refractivity contribution in [2.24, 2.45) is 7.05 Å². The molecule has 0 saturated heterocycles. The van der Waals surface area contributed by atoms with E-state index in [1.54, 1.807) is 29.5 Å². The number of rotatable bonds is 6. The van der Waals surface area contributed by atoms with E-state index in [0.717, 1.165) is 47.1 Å². The predicted molar refractivity (Wildman–Crippen MR) is 130 cm³/mol. The minimum Gasteiger partial charge on any atom is -0.352 e. The smallest absolute Gasteiger partial charge is 0.253 e. The molecule has 0 atom stereocenters. The van der Waals surface area contributed by atoms with Crippen molar-refractivity contribution in [1.29, 1.82) is 0 Å². The lowest BCUT2D eigenvalue weighted by atomic mass is 10.0. The quantitative estimate of drug-likeness (QED) is 0.462. The molecule has 0 fully saturated rings. The Morgan fingerprint density at radius 3 is 2.71 bits per heavy atom. The highest BCUT2D eigenvalue weighted by atomic mass is 16.1. The largest absolute Gasteiger partial charge is 0.352 e. The van der Waals surface area contributed by atoms with E-state index in [-0.39, 0.29) is 5.91 Å². The second kappa shape index (κ2) is 9.30. The number of pyridine rings is 3.